The van der Waals surface area contributed by atoms with Crippen molar-refractivity contribution in [3.63, 3.8) is 0 Å². The van der Waals surface area contributed by atoms with E-state index in [1.807, 2.05) is 18.2 Å². The van der Waals surface area contributed by atoms with Crippen LogP contribution in [0.2, 0.25) is 0 Å². The van der Waals surface area contributed by atoms with E-state index in [4.69, 9.17) is 0 Å². The summed E-state index contributed by atoms with van der Waals surface area (Å²) in [6.07, 6.45) is 4.62. The van der Waals surface area contributed by atoms with Crippen LogP contribution in [0.15, 0.2) is 35.9 Å². The Bertz CT molecular complexity index is 539. The summed E-state index contributed by atoms with van der Waals surface area (Å²) >= 11 is 0. The van der Waals surface area contributed by atoms with Gasteiger partial charge in [0.05, 0.1) is 11.5 Å². The molecule has 3 nitrogen and oxygen atoms in total. The van der Waals surface area contributed by atoms with Crippen molar-refractivity contribution < 1.29 is 15.0 Å². The molecule has 0 radical (unpaired) electrons. The van der Waals surface area contributed by atoms with Gasteiger partial charge in [-0.1, -0.05) is 43.2 Å². The minimum Gasteiger partial charge on any atom is -0.507 e. The van der Waals surface area contributed by atoms with Gasteiger partial charge in [-0.15, -0.1) is 0 Å². The van der Waals surface area contributed by atoms with Crippen LogP contribution in [0.1, 0.15) is 44.1 Å². The zero-order valence-corrected chi connectivity index (χ0v) is 11.5. The Morgan fingerprint density at radius 2 is 1.80 bits per heavy atom. The Kier molecular flexibility index (Phi) is 3.38. The number of aliphatic hydroxyl groups excluding tert-OH is 1. The molecule has 2 aliphatic rings. The second-order valence-corrected chi connectivity index (χ2v) is 5.96. The first-order valence-electron chi connectivity index (χ1n) is 7.36. The summed E-state index contributed by atoms with van der Waals surface area (Å²) in [5.74, 6) is -0.304. The van der Waals surface area contributed by atoms with Crippen LogP contribution in [0.25, 0.3) is 5.76 Å². The van der Waals surface area contributed by atoms with Gasteiger partial charge in [0.25, 0.3) is 0 Å². The lowest BCUT2D eigenvalue weighted by atomic mass is 9.83. The molecule has 1 aromatic rings. The summed E-state index contributed by atoms with van der Waals surface area (Å²) in [7, 11) is 0. The van der Waals surface area contributed by atoms with E-state index in [-0.39, 0.29) is 17.5 Å². The van der Waals surface area contributed by atoms with Gasteiger partial charge in [0.15, 0.2) is 5.78 Å². The topological polar surface area (TPSA) is 57.5 Å². The summed E-state index contributed by atoms with van der Waals surface area (Å²) in [6, 6.07) is 9.16. The molecule has 0 bridgehead atoms. The maximum atomic E-state index is 12.5. The van der Waals surface area contributed by atoms with Gasteiger partial charge in [-0.05, 0) is 25.7 Å². The van der Waals surface area contributed by atoms with Crippen molar-refractivity contribution in [3.8, 4) is 0 Å². The maximum Gasteiger partial charge on any atom is 0.168 e. The zero-order valence-electron chi connectivity index (χ0n) is 11.5. The lowest BCUT2D eigenvalue weighted by Crippen LogP contribution is -2.37. The molecular weight excluding hydrogens is 252 g/mol. The lowest BCUT2D eigenvalue weighted by molar-refractivity contribution is -0.126. The average molecular weight is 272 g/mol. The van der Waals surface area contributed by atoms with E-state index in [2.05, 4.69) is 0 Å². The molecule has 0 aromatic heterocycles. The quantitative estimate of drug-likeness (QED) is 0.642. The molecule has 0 amide bonds. The van der Waals surface area contributed by atoms with Gasteiger partial charge in [-0.25, -0.2) is 0 Å². The fourth-order valence-electron chi connectivity index (χ4n) is 3.61. The van der Waals surface area contributed by atoms with Crippen LogP contribution in [-0.4, -0.2) is 21.6 Å². The highest BCUT2D eigenvalue weighted by Crippen LogP contribution is 2.44. The summed E-state index contributed by atoms with van der Waals surface area (Å²) in [4.78, 5) is 12.5. The first-order valence-corrected chi connectivity index (χ1v) is 7.36. The van der Waals surface area contributed by atoms with E-state index in [0.717, 1.165) is 12.8 Å². The molecule has 0 spiro atoms. The van der Waals surface area contributed by atoms with Crippen LogP contribution in [0.5, 0.6) is 0 Å². The smallest absolute Gasteiger partial charge is 0.168 e. The van der Waals surface area contributed by atoms with Gasteiger partial charge in [0.2, 0.25) is 0 Å². The Balaban J connectivity index is 1.89. The van der Waals surface area contributed by atoms with E-state index in [0.29, 0.717) is 36.8 Å². The number of hydrogen-bond acceptors (Lipinski definition) is 3. The molecule has 3 rings (SSSR count). The Labute approximate surface area is 118 Å². The third-order valence-corrected chi connectivity index (χ3v) is 4.75. The van der Waals surface area contributed by atoms with Crippen LogP contribution in [0.3, 0.4) is 0 Å². The minimum atomic E-state index is -0.837. The highest BCUT2D eigenvalue weighted by atomic mass is 16.3. The number of carbonyl (C=O) groups is 1. The van der Waals surface area contributed by atoms with Crippen molar-refractivity contribution in [2.24, 2.45) is 5.92 Å². The molecule has 106 valence electrons. The highest BCUT2D eigenvalue weighted by molar-refractivity contribution is 6.05. The van der Waals surface area contributed by atoms with Crippen LogP contribution in [0, 0.1) is 5.92 Å². The van der Waals surface area contributed by atoms with Crippen molar-refractivity contribution in [1.29, 1.82) is 0 Å². The molecule has 1 unspecified atom stereocenters. The third-order valence-electron chi connectivity index (χ3n) is 4.75. The Morgan fingerprint density at radius 3 is 2.45 bits per heavy atom. The van der Waals surface area contributed by atoms with E-state index in [1.165, 1.54) is 0 Å². The Morgan fingerprint density at radius 1 is 1.15 bits per heavy atom. The van der Waals surface area contributed by atoms with Crippen LogP contribution in [0.4, 0.5) is 0 Å². The highest BCUT2D eigenvalue weighted by Gasteiger charge is 2.47. The third kappa shape index (κ3) is 2.16. The predicted octanol–water partition coefficient (Wildman–Crippen LogP) is 3.24. The zero-order chi connectivity index (χ0) is 14.2. The predicted molar refractivity (Wildman–Crippen MR) is 77.1 cm³/mol. The fraction of sp³-hybridized carbons (Fsp3) is 0.471. The number of aliphatic hydroxyl groups is 2. The van der Waals surface area contributed by atoms with Crippen molar-refractivity contribution >= 4 is 11.5 Å². The molecule has 0 aliphatic heterocycles. The molecule has 1 atom stereocenters. The average Bonchev–Trinajstić information content (AvgIpc) is 3.06. The Hall–Kier alpha value is -1.61. The summed E-state index contributed by atoms with van der Waals surface area (Å²) < 4.78 is 0. The molecule has 20 heavy (non-hydrogen) atoms. The monoisotopic (exact) mass is 272 g/mol. The standard InChI is InChI=1S/C17H20O3/c18-15(12-6-2-1-3-7-12)13-8-9-14(16(13)19)17(20)10-4-5-11-17/h1-3,6-7,14,18,20H,4-5,8-11H2/b15-13+. The van der Waals surface area contributed by atoms with Crippen molar-refractivity contribution in [2.75, 3.05) is 0 Å². The second-order valence-electron chi connectivity index (χ2n) is 5.96. The molecule has 1 aromatic carbocycles. The van der Waals surface area contributed by atoms with Crippen molar-refractivity contribution in [2.45, 2.75) is 44.1 Å². The first kappa shape index (κ1) is 13.4. The van der Waals surface area contributed by atoms with Crippen LogP contribution >= 0.6 is 0 Å². The SMILES string of the molecule is O=C1/C(=C(/O)c2ccccc2)CCC1C1(O)CCCC1. The molecule has 0 heterocycles. The molecule has 2 saturated carbocycles. The number of rotatable bonds is 2. The van der Waals surface area contributed by atoms with Crippen LogP contribution in [-0.2, 0) is 4.79 Å². The molecule has 2 N–H and O–H groups in total. The number of carbonyl (C=O) groups excluding carboxylic acids is 1. The largest absolute Gasteiger partial charge is 0.507 e. The molecular formula is C17H20O3. The summed E-state index contributed by atoms with van der Waals surface area (Å²) in [5.41, 5.74) is 0.326. The first-order chi connectivity index (χ1) is 9.62. The van der Waals surface area contributed by atoms with Gasteiger partial charge < -0.3 is 10.2 Å². The number of ketones is 1. The van der Waals surface area contributed by atoms with Gasteiger partial charge in [0, 0.05) is 11.1 Å². The maximum absolute atomic E-state index is 12.5. The molecule has 0 saturated heterocycles. The van der Waals surface area contributed by atoms with Gasteiger partial charge in [-0.2, -0.15) is 0 Å². The lowest BCUT2D eigenvalue weighted by Gasteiger charge is -2.27. The molecule has 2 fully saturated rings. The van der Waals surface area contributed by atoms with Crippen LogP contribution < -0.4 is 0 Å². The number of Topliss-reactive ketones (excluding diaryl/α,β-unsaturated/α-hetero) is 1. The van der Waals surface area contributed by atoms with Gasteiger partial charge in [0.1, 0.15) is 5.76 Å². The van der Waals surface area contributed by atoms with E-state index < -0.39 is 5.60 Å². The number of allylic oxidation sites excluding steroid dienone is 1. The normalized spacial score (nSPS) is 27.9. The fourth-order valence-corrected chi connectivity index (χ4v) is 3.61. The van der Waals surface area contributed by atoms with Gasteiger partial charge in [-0.3, -0.25) is 4.79 Å². The second kappa shape index (κ2) is 5.06. The van der Waals surface area contributed by atoms with Crippen molar-refractivity contribution in [1.82, 2.24) is 0 Å². The molecule has 2 aliphatic carbocycles. The van der Waals surface area contributed by atoms with E-state index >= 15 is 0 Å². The minimum absolute atomic E-state index is 0.0595. The number of hydrogen-bond donors (Lipinski definition) is 2. The van der Waals surface area contributed by atoms with Gasteiger partial charge >= 0.3 is 0 Å². The summed E-state index contributed by atoms with van der Waals surface area (Å²) in [5, 5.41) is 20.9. The van der Waals surface area contributed by atoms with E-state index in [1.54, 1.807) is 12.1 Å². The van der Waals surface area contributed by atoms with E-state index in [9.17, 15) is 15.0 Å². The number of benzene rings is 1. The molecule has 3 heteroatoms. The summed E-state index contributed by atoms with van der Waals surface area (Å²) in [6.45, 7) is 0. The van der Waals surface area contributed by atoms with Crippen molar-refractivity contribution in [3.05, 3.63) is 41.5 Å².